The molecule has 10 heteroatoms. The van der Waals surface area contributed by atoms with Crippen molar-refractivity contribution in [2.45, 2.75) is 37.6 Å². The molecule has 1 amide bonds. The molecule has 2 fully saturated rings. The number of piperidine rings is 1. The summed E-state index contributed by atoms with van der Waals surface area (Å²) in [6.45, 7) is 5.97. The third-order valence-electron chi connectivity index (χ3n) is 5.82. The van der Waals surface area contributed by atoms with Crippen LogP contribution in [0.4, 0.5) is 0 Å². The number of hydrogen-bond acceptors (Lipinski definition) is 6. The molecule has 4 heterocycles. The number of aryl methyl sites for hydroxylation is 1. The number of rotatable bonds is 5. The second-order valence-corrected chi connectivity index (χ2v) is 10.9. The van der Waals surface area contributed by atoms with Crippen molar-refractivity contribution in [3.63, 3.8) is 0 Å². The number of sulfonamides is 1. The van der Waals surface area contributed by atoms with Gasteiger partial charge in [0.25, 0.3) is 0 Å². The van der Waals surface area contributed by atoms with Crippen LogP contribution in [-0.2, 0) is 21.4 Å². The van der Waals surface area contributed by atoms with Crippen LogP contribution >= 0.6 is 11.3 Å². The molecule has 0 atom stereocenters. The fraction of sp³-hybridized carbons (Fsp3) is 0.600. The highest BCUT2D eigenvalue weighted by atomic mass is 32.2. The summed E-state index contributed by atoms with van der Waals surface area (Å²) in [5, 5.41) is 2.67. The van der Waals surface area contributed by atoms with E-state index in [1.807, 2.05) is 24.3 Å². The van der Waals surface area contributed by atoms with E-state index in [9.17, 15) is 13.2 Å². The van der Waals surface area contributed by atoms with Crippen molar-refractivity contribution in [3.05, 3.63) is 23.3 Å². The minimum Gasteiger partial charge on any atom is -0.341 e. The molecule has 0 radical (unpaired) electrons. The standard InChI is InChI=1S/C20H29N5O3S2/c1-16-15-29-20(21-16)18-12-17(30(27,28)25-10-8-22(2)9-11-25)13-24(18)14-19(26)23-6-4-3-5-7-23/h12-13,15H,3-11,14H2,1-2H3. The Hall–Kier alpha value is -1.75. The molecular weight excluding hydrogens is 422 g/mol. The molecule has 0 bridgehead atoms. The molecule has 2 aromatic heterocycles. The monoisotopic (exact) mass is 451 g/mol. The molecule has 0 aliphatic carbocycles. The number of piperazine rings is 1. The van der Waals surface area contributed by atoms with E-state index in [0.717, 1.165) is 43.1 Å². The maximum atomic E-state index is 13.3. The van der Waals surface area contributed by atoms with Crippen LogP contribution in [0.25, 0.3) is 10.7 Å². The summed E-state index contributed by atoms with van der Waals surface area (Å²) in [5.74, 6) is 0.0309. The summed E-state index contributed by atoms with van der Waals surface area (Å²) < 4.78 is 29.8. The maximum Gasteiger partial charge on any atom is 0.244 e. The molecule has 0 N–H and O–H groups in total. The Kier molecular flexibility index (Phi) is 6.29. The number of hydrogen-bond donors (Lipinski definition) is 0. The normalized spacial score (nSPS) is 19.3. The highest BCUT2D eigenvalue weighted by Crippen LogP contribution is 2.29. The first-order chi connectivity index (χ1) is 14.3. The quantitative estimate of drug-likeness (QED) is 0.694. The summed E-state index contributed by atoms with van der Waals surface area (Å²) in [5.41, 5.74) is 1.57. The molecule has 0 spiro atoms. The summed E-state index contributed by atoms with van der Waals surface area (Å²) in [7, 11) is -1.62. The zero-order chi connectivity index (χ0) is 21.3. The van der Waals surface area contributed by atoms with Gasteiger partial charge in [0.05, 0.1) is 5.69 Å². The van der Waals surface area contributed by atoms with Gasteiger partial charge in [-0.3, -0.25) is 4.79 Å². The van der Waals surface area contributed by atoms with Crippen molar-refractivity contribution in [1.82, 2.24) is 23.7 Å². The number of thiazole rings is 1. The Morgan fingerprint density at radius 2 is 1.80 bits per heavy atom. The Labute approximate surface area is 182 Å². The molecule has 0 unspecified atom stereocenters. The largest absolute Gasteiger partial charge is 0.341 e. The average Bonchev–Trinajstić information content (AvgIpc) is 3.35. The number of likely N-dealkylation sites (tertiary alicyclic amines) is 1. The van der Waals surface area contributed by atoms with E-state index < -0.39 is 10.0 Å². The van der Waals surface area contributed by atoms with Gasteiger partial charge in [-0.2, -0.15) is 4.31 Å². The second-order valence-electron chi connectivity index (χ2n) is 8.13. The topological polar surface area (TPSA) is 78.8 Å². The number of amides is 1. The Balaban J connectivity index is 1.64. The number of carbonyl (C=O) groups is 1. The molecule has 2 saturated heterocycles. The van der Waals surface area contributed by atoms with Gasteiger partial charge in [0.15, 0.2) is 0 Å². The van der Waals surface area contributed by atoms with Crippen LogP contribution in [0, 0.1) is 6.92 Å². The van der Waals surface area contributed by atoms with Gasteiger partial charge in [-0.25, -0.2) is 13.4 Å². The summed E-state index contributed by atoms with van der Waals surface area (Å²) in [6, 6.07) is 1.68. The van der Waals surface area contributed by atoms with Gasteiger partial charge in [-0.1, -0.05) is 0 Å². The zero-order valence-corrected chi connectivity index (χ0v) is 19.2. The fourth-order valence-electron chi connectivity index (χ4n) is 3.97. The van der Waals surface area contributed by atoms with Crippen molar-refractivity contribution in [2.75, 3.05) is 46.3 Å². The van der Waals surface area contributed by atoms with E-state index in [0.29, 0.717) is 31.9 Å². The second kappa shape index (κ2) is 8.78. The van der Waals surface area contributed by atoms with E-state index in [1.54, 1.807) is 16.8 Å². The molecule has 4 rings (SSSR count). The maximum absolute atomic E-state index is 13.3. The molecule has 2 aliphatic rings. The number of aromatic nitrogens is 2. The van der Waals surface area contributed by atoms with Gasteiger partial charge in [-0.15, -0.1) is 11.3 Å². The Bertz CT molecular complexity index is 1000. The first-order valence-electron chi connectivity index (χ1n) is 10.4. The molecule has 8 nitrogen and oxygen atoms in total. The van der Waals surface area contributed by atoms with Crippen molar-refractivity contribution in [1.29, 1.82) is 0 Å². The minimum atomic E-state index is -3.61. The molecule has 30 heavy (non-hydrogen) atoms. The predicted molar refractivity (Wildman–Crippen MR) is 117 cm³/mol. The van der Waals surface area contributed by atoms with Gasteiger partial charge in [0, 0.05) is 56.5 Å². The number of nitrogens with zero attached hydrogens (tertiary/aromatic N) is 5. The van der Waals surface area contributed by atoms with Crippen molar-refractivity contribution >= 4 is 27.3 Å². The Morgan fingerprint density at radius 1 is 1.10 bits per heavy atom. The highest BCUT2D eigenvalue weighted by Gasteiger charge is 2.30. The van der Waals surface area contributed by atoms with Crippen molar-refractivity contribution in [3.8, 4) is 10.7 Å². The highest BCUT2D eigenvalue weighted by molar-refractivity contribution is 7.89. The number of likely N-dealkylation sites (N-methyl/N-ethyl adjacent to an activating group) is 1. The number of carbonyl (C=O) groups excluding carboxylic acids is 1. The molecule has 0 aromatic carbocycles. The third kappa shape index (κ3) is 4.46. The first kappa shape index (κ1) is 21.5. The summed E-state index contributed by atoms with van der Waals surface area (Å²) in [6.07, 6.45) is 4.82. The lowest BCUT2D eigenvalue weighted by Crippen LogP contribution is -2.46. The van der Waals surface area contributed by atoms with Gasteiger partial charge in [-0.05, 0) is 39.3 Å². The predicted octanol–water partition coefficient (Wildman–Crippen LogP) is 1.87. The van der Waals surface area contributed by atoms with E-state index >= 15 is 0 Å². The molecule has 0 saturated carbocycles. The van der Waals surface area contributed by atoms with Crippen LogP contribution in [-0.4, -0.2) is 84.3 Å². The van der Waals surface area contributed by atoms with E-state index in [2.05, 4.69) is 9.88 Å². The van der Waals surface area contributed by atoms with Gasteiger partial charge < -0.3 is 14.4 Å². The lowest BCUT2D eigenvalue weighted by molar-refractivity contribution is -0.132. The molecule has 2 aliphatic heterocycles. The lowest BCUT2D eigenvalue weighted by Gasteiger charge is -2.31. The van der Waals surface area contributed by atoms with Gasteiger partial charge in [0.1, 0.15) is 16.4 Å². The van der Waals surface area contributed by atoms with E-state index in [4.69, 9.17) is 0 Å². The lowest BCUT2D eigenvalue weighted by atomic mass is 10.1. The average molecular weight is 452 g/mol. The smallest absolute Gasteiger partial charge is 0.244 e. The molecule has 164 valence electrons. The van der Waals surface area contributed by atoms with Crippen LogP contribution in [0.15, 0.2) is 22.5 Å². The molecular formula is C20H29N5O3S2. The van der Waals surface area contributed by atoms with Crippen LogP contribution in [0.5, 0.6) is 0 Å². The minimum absolute atomic E-state index is 0.0309. The van der Waals surface area contributed by atoms with Crippen LogP contribution < -0.4 is 0 Å². The SMILES string of the molecule is Cc1csc(-c2cc(S(=O)(=O)N3CCN(C)CC3)cn2CC(=O)N2CCCCC2)n1. The van der Waals surface area contributed by atoms with E-state index in [1.165, 1.54) is 15.6 Å². The van der Waals surface area contributed by atoms with Crippen LogP contribution in [0.1, 0.15) is 25.0 Å². The third-order valence-corrected chi connectivity index (χ3v) is 8.67. The summed E-state index contributed by atoms with van der Waals surface area (Å²) >= 11 is 1.47. The Morgan fingerprint density at radius 3 is 2.43 bits per heavy atom. The zero-order valence-electron chi connectivity index (χ0n) is 17.6. The van der Waals surface area contributed by atoms with Crippen molar-refractivity contribution in [2.24, 2.45) is 0 Å². The molecule has 2 aromatic rings. The fourth-order valence-corrected chi connectivity index (χ4v) is 6.26. The summed E-state index contributed by atoms with van der Waals surface area (Å²) in [4.78, 5) is 21.7. The van der Waals surface area contributed by atoms with E-state index in [-0.39, 0.29) is 17.3 Å². The van der Waals surface area contributed by atoms with Crippen LogP contribution in [0.2, 0.25) is 0 Å². The van der Waals surface area contributed by atoms with Crippen LogP contribution in [0.3, 0.4) is 0 Å². The first-order valence-corrected chi connectivity index (χ1v) is 12.8. The van der Waals surface area contributed by atoms with Crippen molar-refractivity contribution < 1.29 is 13.2 Å². The van der Waals surface area contributed by atoms with Gasteiger partial charge >= 0.3 is 0 Å². The van der Waals surface area contributed by atoms with Gasteiger partial charge in [0.2, 0.25) is 15.9 Å².